The molecule has 2 fully saturated rings. The number of ether oxygens (including phenoxy) is 2. The van der Waals surface area contributed by atoms with Crippen LogP contribution in [0.15, 0.2) is 90.5 Å². The van der Waals surface area contributed by atoms with Gasteiger partial charge in [-0.2, -0.15) is 10.2 Å². The van der Waals surface area contributed by atoms with Crippen molar-refractivity contribution in [2.45, 2.75) is 51.0 Å². The number of rotatable bonds is 12. The number of hydrogen-bond donors (Lipinski definition) is 1. The molecule has 0 radical (unpaired) electrons. The first-order valence-corrected chi connectivity index (χ1v) is 17.3. The summed E-state index contributed by atoms with van der Waals surface area (Å²) in [4.78, 5) is 21.7. The van der Waals surface area contributed by atoms with Crippen LogP contribution in [0.3, 0.4) is 0 Å². The molecule has 14 heteroatoms. The van der Waals surface area contributed by atoms with E-state index in [1.165, 1.54) is 34.0 Å². The van der Waals surface area contributed by atoms with Gasteiger partial charge in [-0.05, 0) is 74.4 Å². The molecule has 4 unspecified atom stereocenters. The lowest BCUT2D eigenvalue weighted by molar-refractivity contribution is -0.0206. The van der Waals surface area contributed by atoms with E-state index < -0.39 is 23.3 Å². The molecule has 2 aliphatic heterocycles. The quantitative estimate of drug-likeness (QED) is 0.200. The van der Waals surface area contributed by atoms with Crippen LogP contribution in [-0.4, -0.2) is 79.7 Å². The predicted octanol–water partition coefficient (Wildman–Crippen LogP) is 4.57. The fourth-order valence-corrected chi connectivity index (χ4v) is 7.24. The zero-order valence-corrected chi connectivity index (χ0v) is 28.7. The average molecular weight is 701 g/mol. The standard InChI is InChI=1S/C37H42F2N8O4/c1-3-35(26(2)48)47-36(49)46(25-42-47)31-7-5-29(6-8-31)43-14-16-44(17-15-43)30-9-11-32(12-10-30)50-20-27-19-37(51-21-27,22-45-24-40-23-41-45)33-13-4-28(38)18-34(33)39/h4-13,18,23-27,35,48H,3,14-17,19-22H2,1-2H3. The molecular formula is C37H42F2N8O4. The topological polar surface area (TPSA) is 116 Å². The first-order chi connectivity index (χ1) is 24.7. The fourth-order valence-electron chi connectivity index (χ4n) is 7.24. The maximum absolute atomic E-state index is 15.0. The second kappa shape index (κ2) is 14.6. The summed E-state index contributed by atoms with van der Waals surface area (Å²) in [6.45, 7) is 7.97. The molecule has 0 spiro atoms. The van der Waals surface area contributed by atoms with Gasteiger partial charge in [-0.1, -0.05) is 13.0 Å². The van der Waals surface area contributed by atoms with Crippen LogP contribution >= 0.6 is 0 Å². The maximum atomic E-state index is 15.0. The Morgan fingerprint density at radius 1 is 0.941 bits per heavy atom. The summed E-state index contributed by atoms with van der Waals surface area (Å²) < 4.78 is 45.6. The number of hydrogen-bond acceptors (Lipinski definition) is 9. The second-order valence-electron chi connectivity index (χ2n) is 13.3. The van der Waals surface area contributed by atoms with Crippen LogP contribution < -0.4 is 20.2 Å². The Kier molecular flexibility index (Phi) is 9.87. The van der Waals surface area contributed by atoms with Gasteiger partial charge in [0, 0.05) is 55.1 Å². The van der Waals surface area contributed by atoms with Gasteiger partial charge in [0.05, 0.1) is 37.6 Å². The number of aliphatic hydroxyl groups is 1. The van der Waals surface area contributed by atoms with E-state index in [0.29, 0.717) is 31.6 Å². The highest BCUT2D eigenvalue weighted by Gasteiger charge is 2.44. The molecule has 1 N–H and O–H groups in total. The van der Waals surface area contributed by atoms with Crippen LogP contribution in [0.25, 0.3) is 5.69 Å². The zero-order valence-electron chi connectivity index (χ0n) is 28.7. The molecule has 268 valence electrons. The normalized spacial score (nSPS) is 20.5. The van der Waals surface area contributed by atoms with E-state index in [1.54, 1.807) is 17.9 Å². The van der Waals surface area contributed by atoms with Crippen LogP contribution in [0.2, 0.25) is 0 Å². The molecule has 3 aromatic carbocycles. The Labute approximate surface area is 294 Å². The number of halogens is 2. The largest absolute Gasteiger partial charge is 0.493 e. The third-order valence-electron chi connectivity index (χ3n) is 9.96. The number of nitrogens with zero attached hydrogens (tertiary/aromatic N) is 8. The molecule has 51 heavy (non-hydrogen) atoms. The summed E-state index contributed by atoms with van der Waals surface area (Å²) in [5, 5.41) is 18.5. The highest BCUT2D eigenvalue weighted by molar-refractivity contribution is 5.54. The summed E-state index contributed by atoms with van der Waals surface area (Å²) >= 11 is 0. The van der Waals surface area contributed by atoms with Crippen molar-refractivity contribution in [2.24, 2.45) is 5.92 Å². The van der Waals surface area contributed by atoms with Crippen molar-refractivity contribution in [3.8, 4) is 11.4 Å². The van der Waals surface area contributed by atoms with Gasteiger partial charge in [-0.25, -0.2) is 32.5 Å². The lowest BCUT2D eigenvalue weighted by Crippen LogP contribution is -2.46. The van der Waals surface area contributed by atoms with Crippen LogP contribution in [0, 0.1) is 17.6 Å². The van der Waals surface area contributed by atoms with E-state index in [1.807, 2.05) is 43.3 Å². The minimum absolute atomic E-state index is 0.0121. The summed E-state index contributed by atoms with van der Waals surface area (Å²) in [6, 6.07) is 19.2. The lowest BCUT2D eigenvalue weighted by Gasteiger charge is -2.37. The first kappa shape index (κ1) is 34.4. The highest BCUT2D eigenvalue weighted by Crippen LogP contribution is 2.42. The summed E-state index contributed by atoms with van der Waals surface area (Å²) in [7, 11) is 0. The van der Waals surface area contributed by atoms with Crippen LogP contribution in [0.1, 0.15) is 38.3 Å². The number of piperazine rings is 1. The van der Waals surface area contributed by atoms with E-state index in [9.17, 15) is 18.7 Å². The van der Waals surface area contributed by atoms with E-state index in [4.69, 9.17) is 9.47 Å². The van der Waals surface area contributed by atoms with Gasteiger partial charge >= 0.3 is 5.69 Å². The van der Waals surface area contributed by atoms with Crippen LogP contribution in [0.5, 0.6) is 5.75 Å². The minimum atomic E-state index is -1.02. The van der Waals surface area contributed by atoms with Crippen molar-refractivity contribution in [3.05, 3.63) is 113 Å². The Morgan fingerprint density at radius 3 is 2.22 bits per heavy atom. The Morgan fingerprint density at radius 2 is 1.61 bits per heavy atom. The molecule has 4 heterocycles. The summed E-state index contributed by atoms with van der Waals surface area (Å²) in [6.07, 6.45) is 4.88. The second-order valence-corrected chi connectivity index (χ2v) is 13.3. The van der Waals surface area contributed by atoms with Crippen LogP contribution in [-0.2, 0) is 16.9 Å². The minimum Gasteiger partial charge on any atom is -0.493 e. The summed E-state index contributed by atoms with van der Waals surface area (Å²) in [5.74, 6) is -0.563. The highest BCUT2D eigenvalue weighted by atomic mass is 19.1. The third kappa shape index (κ3) is 7.24. The van der Waals surface area contributed by atoms with Crippen molar-refractivity contribution >= 4 is 11.4 Å². The van der Waals surface area contributed by atoms with Crippen molar-refractivity contribution in [1.29, 1.82) is 0 Å². The van der Waals surface area contributed by atoms with Gasteiger partial charge in [0.1, 0.15) is 42.0 Å². The van der Waals surface area contributed by atoms with Crippen molar-refractivity contribution in [1.82, 2.24) is 29.1 Å². The monoisotopic (exact) mass is 700 g/mol. The molecule has 2 saturated heterocycles. The van der Waals surface area contributed by atoms with Gasteiger partial charge in [-0.3, -0.25) is 0 Å². The van der Waals surface area contributed by atoms with Gasteiger partial charge in [0.2, 0.25) is 0 Å². The number of benzene rings is 3. The zero-order chi connectivity index (χ0) is 35.5. The molecule has 0 saturated carbocycles. The van der Waals surface area contributed by atoms with E-state index in [0.717, 1.165) is 55.1 Å². The van der Waals surface area contributed by atoms with Crippen molar-refractivity contribution in [3.63, 3.8) is 0 Å². The van der Waals surface area contributed by atoms with Crippen LogP contribution in [0.4, 0.5) is 20.2 Å². The number of aliphatic hydroxyl groups excluding tert-OH is 1. The summed E-state index contributed by atoms with van der Waals surface area (Å²) in [5.41, 5.74) is 1.93. The Balaban J connectivity index is 0.923. The molecule has 7 rings (SSSR count). The lowest BCUT2D eigenvalue weighted by atomic mass is 9.87. The Bertz CT molecular complexity index is 1960. The molecule has 12 nitrogen and oxygen atoms in total. The van der Waals surface area contributed by atoms with Crippen molar-refractivity contribution < 1.29 is 23.4 Å². The van der Waals surface area contributed by atoms with E-state index in [-0.39, 0.29) is 24.2 Å². The SMILES string of the molecule is CCC(C(C)O)n1ncn(-c2ccc(N3CCN(c4ccc(OCC5COC(Cn6cncn6)(c6ccc(F)cc6F)C5)cc4)CC3)cc2)c1=O. The molecule has 5 aromatic rings. The van der Waals surface area contributed by atoms with Crippen molar-refractivity contribution in [2.75, 3.05) is 49.2 Å². The maximum Gasteiger partial charge on any atom is 0.350 e. The number of anilines is 2. The average Bonchev–Trinajstić information content (AvgIpc) is 3.90. The molecule has 2 aliphatic rings. The molecule has 0 amide bonds. The van der Waals surface area contributed by atoms with E-state index in [2.05, 4.69) is 37.1 Å². The van der Waals surface area contributed by atoms with E-state index >= 15 is 0 Å². The fraction of sp³-hybridized carbons (Fsp3) is 0.405. The van der Waals surface area contributed by atoms with Gasteiger partial charge in [0.25, 0.3) is 0 Å². The number of aromatic nitrogens is 6. The molecule has 0 aliphatic carbocycles. The molecule has 4 atom stereocenters. The van der Waals surface area contributed by atoms with Gasteiger partial charge in [0.15, 0.2) is 0 Å². The Hall–Kier alpha value is -5.08. The molecule has 2 aromatic heterocycles. The third-order valence-corrected chi connectivity index (χ3v) is 9.96. The van der Waals surface area contributed by atoms with Gasteiger partial charge in [-0.15, -0.1) is 0 Å². The smallest absolute Gasteiger partial charge is 0.350 e. The van der Waals surface area contributed by atoms with Gasteiger partial charge < -0.3 is 24.4 Å². The first-order valence-electron chi connectivity index (χ1n) is 17.3. The molecule has 0 bridgehead atoms. The predicted molar refractivity (Wildman–Crippen MR) is 187 cm³/mol. The molecular weight excluding hydrogens is 658 g/mol.